The van der Waals surface area contributed by atoms with E-state index in [1.807, 2.05) is 0 Å². The number of nitrogens with zero attached hydrogens (tertiary/aromatic N) is 1. The molecule has 0 aromatic heterocycles. The predicted molar refractivity (Wildman–Crippen MR) is 78.9 cm³/mol. The summed E-state index contributed by atoms with van der Waals surface area (Å²) < 4.78 is 0. The molecule has 0 spiro atoms. The van der Waals surface area contributed by atoms with Gasteiger partial charge in [-0.2, -0.15) is 0 Å². The van der Waals surface area contributed by atoms with Crippen molar-refractivity contribution >= 4 is 0 Å². The van der Waals surface area contributed by atoms with Gasteiger partial charge in [0.1, 0.15) is 0 Å². The quantitative estimate of drug-likeness (QED) is 0.633. The van der Waals surface area contributed by atoms with Crippen LogP contribution in [0.2, 0.25) is 0 Å². The van der Waals surface area contributed by atoms with E-state index < -0.39 is 0 Å². The zero-order valence-electron chi connectivity index (χ0n) is 12.3. The van der Waals surface area contributed by atoms with Gasteiger partial charge in [0, 0.05) is 19.1 Å². The van der Waals surface area contributed by atoms with Gasteiger partial charge in [-0.15, -0.1) is 0 Å². The van der Waals surface area contributed by atoms with E-state index >= 15 is 0 Å². The van der Waals surface area contributed by atoms with Crippen LogP contribution in [0.3, 0.4) is 0 Å². The fourth-order valence-electron chi connectivity index (χ4n) is 3.59. The highest BCUT2D eigenvalue weighted by Crippen LogP contribution is 2.24. The molecule has 2 rings (SSSR count). The van der Waals surface area contributed by atoms with Crippen LogP contribution in [0, 0.1) is 5.92 Å². The molecule has 2 nitrogen and oxygen atoms in total. The lowest BCUT2D eigenvalue weighted by atomic mass is 10.1. The Balaban J connectivity index is 1.40. The van der Waals surface area contributed by atoms with E-state index in [9.17, 15) is 0 Å². The molecule has 2 heterocycles. The molecule has 2 heteroatoms. The van der Waals surface area contributed by atoms with Crippen molar-refractivity contribution in [3.05, 3.63) is 0 Å². The van der Waals surface area contributed by atoms with Gasteiger partial charge in [-0.3, -0.25) is 0 Å². The summed E-state index contributed by atoms with van der Waals surface area (Å²) in [5, 5.41) is 3.64. The lowest BCUT2D eigenvalue weighted by Gasteiger charge is -2.16. The average Bonchev–Trinajstić information content (AvgIpc) is 2.93. The smallest absolute Gasteiger partial charge is 0.0235 e. The first-order valence-corrected chi connectivity index (χ1v) is 8.36. The monoisotopic (exact) mass is 252 g/mol. The van der Waals surface area contributed by atoms with Gasteiger partial charge in [0.25, 0.3) is 0 Å². The largest absolute Gasteiger partial charge is 0.312 e. The minimum absolute atomic E-state index is 0.832. The minimum Gasteiger partial charge on any atom is -0.312 e. The van der Waals surface area contributed by atoms with Crippen molar-refractivity contribution in [2.45, 2.75) is 70.8 Å². The van der Waals surface area contributed by atoms with Gasteiger partial charge < -0.3 is 10.2 Å². The molecule has 0 radical (unpaired) electrons. The Morgan fingerprint density at radius 2 is 1.67 bits per heavy atom. The highest BCUT2D eigenvalue weighted by molar-refractivity contribution is 4.93. The van der Waals surface area contributed by atoms with Crippen molar-refractivity contribution in [3.63, 3.8) is 0 Å². The molecule has 0 aliphatic carbocycles. The highest BCUT2D eigenvalue weighted by atomic mass is 15.2. The SMILES string of the molecule is CCCCCCCCCCN1C[C@@H]2CCN[C@@H]2C1. The topological polar surface area (TPSA) is 15.3 Å². The van der Waals surface area contributed by atoms with Crippen LogP contribution in [0.1, 0.15) is 64.7 Å². The summed E-state index contributed by atoms with van der Waals surface area (Å²) in [5.74, 6) is 0.971. The Hall–Kier alpha value is -0.0800. The van der Waals surface area contributed by atoms with Crippen molar-refractivity contribution in [2.24, 2.45) is 5.92 Å². The summed E-state index contributed by atoms with van der Waals surface area (Å²) in [6, 6.07) is 0.832. The zero-order valence-corrected chi connectivity index (χ0v) is 12.3. The summed E-state index contributed by atoms with van der Waals surface area (Å²) in [7, 11) is 0. The molecular formula is C16H32N2. The Bertz CT molecular complexity index is 205. The summed E-state index contributed by atoms with van der Waals surface area (Å²) in [5.41, 5.74) is 0. The molecule has 0 bridgehead atoms. The fourth-order valence-corrected chi connectivity index (χ4v) is 3.59. The van der Waals surface area contributed by atoms with E-state index in [2.05, 4.69) is 17.1 Å². The van der Waals surface area contributed by atoms with Crippen molar-refractivity contribution in [1.82, 2.24) is 10.2 Å². The van der Waals surface area contributed by atoms with Crippen LogP contribution >= 0.6 is 0 Å². The van der Waals surface area contributed by atoms with Crippen LogP contribution in [0.4, 0.5) is 0 Å². The molecule has 0 aromatic rings. The molecule has 1 N–H and O–H groups in total. The summed E-state index contributed by atoms with van der Waals surface area (Å²) in [4.78, 5) is 2.69. The normalized spacial score (nSPS) is 27.8. The number of nitrogens with one attached hydrogen (secondary N) is 1. The molecule has 0 aromatic carbocycles. The third-order valence-electron chi connectivity index (χ3n) is 4.77. The molecule has 18 heavy (non-hydrogen) atoms. The third-order valence-corrected chi connectivity index (χ3v) is 4.77. The molecule has 0 unspecified atom stereocenters. The Kier molecular flexibility index (Phi) is 6.50. The maximum absolute atomic E-state index is 3.64. The van der Waals surface area contributed by atoms with Crippen molar-refractivity contribution in [2.75, 3.05) is 26.2 Å². The third kappa shape index (κ3) is 4.55. The maximum Gasteiger partial charge on any atom is 0.0235 e. The molecule has 0 saturated carbocycles. The van der Waals surface area contributed by atoms with Gasteiger partial charge in [-0.1, -0.05) is 51.9 Å². The van der Waals surface area contributed by atoms with E-state index in [1.165, 1.54) is 84.0 Å². The van der Waals surface area contributed by atoms with E-state index in [-0.39, 0.29) is 0 Å². The van der Waals surface area contributed by atoms with E-state index in [0.717, 1.165) is 12.0 Å². The summed E-state index contributed by atoms with van der Waals surface area (Å²) in [6.07, 6.45) is 12.9. The van der Waals surface area contributed by atoms with Gasteiger partial charge in [0.15, 0.2) is 0 Å². The number of likely N-dealkylation sites (tertiary alicyclic amines) is 1. The van der Waals surface area contributed by atoms with Crippen LogP contribution in [0.5, 0.6) is 0 Å². The fraction of sp³-hybridized carbons (Fsp3) is 1.00. The van der Waals surface area contributed by atoms with Gasteiger partial charge >= 0.3 is 0 Å². The van der Waals surface area contributed by atoms with Crippen LogP contribution in [0.15, 0.2) is 0 Å². The van der Waals surface area contributed by atoms with Crippen molar-refractivity contribution in [3.8, 4) is 0 Å². The standard InChI is InChI=1S/C16H32N2/c1-2-3-4-5-6-7-8-9-12-18-13-15-10-11-17-16(15)14-18/h15-17H,2-14H2,1H3/t15-,16+/m0/s1. The molecular weight excluding hydrogens is 220 g/mol. The molecule has 0 amide bonds. The second kappa shape index (κ2) is 8.16. The molecule has 2 aliphatic heterocycles. The van der Waals surface area contributed by atoms with Gasteiger partial charge in [-0.25, -0.2) is 0 Å². The first kappa shape index (κ1) is 14.3. The molecule has 2 fully saturated rings. The van der Waals surface area contributed by atoms with Crippen LogP contribution < -0.4 is 5.32 Å². The molecule has 2 atom stereocenters. The lowest BCUT2D eigenvalue weighted by Crippen LogP contribution is -2.30. The second-order valence-electron chi connectivity index (χ2n) is 6.34. The Labute approximate surface area is 114 Å². The van der Waals surface area contributed by atoms with E-state index in [4.69, 9.17) is 0 Å². The highest BCUT2D eigenvalue weighted by Gasteiger charge is 2.35. The minimum atomic E-state index is 0.832. The molecule has 106 valence electrons. The van der Waals surface area contributed by atoms with E-state index in [0.29, 0.717) is 0 Å². The number of fused-ring (bicyclic) bond motifs is 1. The van der Waals surface area contributed by atoms with Crippen LogP contribution in [-0.4, -0.2) is 37.1 Å². The number of unbranched alkanes of at least 4 members (excludes halogenated alkanes) is 7. The number of hydrogen-bond donors (Lipinski definition) is 1. The maximum atomic E-state index is 3.64. The van der Waals surface area contributed by atoms with Gasteiger partial charge in [0.2, 0.25) is 0 Å². The molecule has 2 aliphatic rings. The predicted octanol–water partition coefficient (Wildman–Crippen LogP) is 3.42. The zero-order chi connectivity index (χ0) is 12.6. The Morgan fingerprint density at radius 3 is 2.39 bits per heavy atom. The van der Waals surface area contributed by atoms with Crippen LogP contribution in [0.25, 0.3) is 0 Å². The Morgan fingerprint density at radius 1 is 0.944 bits per heavy atom. The number of hydrogen-bond acceptors (Lipinski definition) is 2. The summed E-state index contributed by atoms with van der Waals surface area (Å²) in [6.45, 7) is 7.60. The van der Waals surface area contributed by atoms with E-state index in [1.54, 1.807) is 0 Å². The number of rotatable bonds is 9. The summed E-state index contributed by atoms with van der Waals surface area (Å²) >= 11 is 0. The van der Waals surface area contributed by atoms with Gasteiger partial charge in [0.05, 0.1) is 0 Å². The van der Waals surface area contributed by atoms with Gasteiger partial charge in [-0.05, 0) is 31.8 Å². The van der Waals surface area contributed by atoms with Crippen molar-refractivity contribution < 1.29 is 0 Å². The van der Waals surface area contributed by atoms with Crippen LogP contribution in [-0.2, 0) is 0 Å². The average molecular weight is 252 g/mol. The van der Waals surface area contributed by atoms with Crippen molar-refractivity contribution in [1.29, 1.82) is 0 Å². The first-order valence-electron chi connectivity index (χ1n) is 8.36. The second-order valence-corrected chi connectivity index (χ2v) is 6.34. The molecule has 2 saturated heterocycles. The first-order chi connectivity index (χ1) is 8.90. The lowest BCUT2D eigenvalue weighted by molar-refractivity contribution is 0.305.